The number of nitrogens with one attached hydrogen (secondary N) is 1. The van der Waals surface area contributed by atoms with Crippen molar-refractivity contribution in [3.8, 4) is 0 Å². The van der Waals surface area contributed by atoms with Crippen LogP contribution in [0.1, 0.15) is 30.9 Å². The number of H-pyrrole nitrogens is 1. The number of nitrogens with zero attached hydrogens (tertiary/aromatic N) is 7. The molecule has 1 aromatic carbocycles. The molecule has 194 valence electrons. The van der Waals surface area contributed by atoms with Gasteiger partial charge < -0.3 is 19.6 Å². The van der Waals surface area contributed by atoms with Gasteiger partial charge in [-0.3, -0.25) is 9.89 Å². The second-order valence-electron chi connectivity index (χ2n) is 10.3. The minimum atomic E-state index is -0.0158. The summed E-state index contributed by atoms with van der Waals surface area (Å²) in [4.78, 5) is 31.2. The van der Waals surface area contributed by atoms with Gasteiger partial charge in [-0.25, -0.2) is 9.97 Å². The smallest absolute Gasteiger partial charge is 0.246 e. The van der Waals surface area contributed by atoms with E-state index in [9.17, 15) is 4.79 Å². The molecule has 0 radical (unpaired) electrons. The molecule has 5 rings (SSSR count). The molecule has 2 aromatic heterocycles. The lowest BCUT2D eigenvalue weighted by molar-refractivity contribution is -0.128. The van der Waals surface area contributed by atoms with E-state index in [1.54, 1.807) is 0 Å². The van der Waals surface area contributed by atoms with Gasteiger partial charge in [0.05, 0.1) is 17.8 Å². The first kappa shape index (κ1) is 25.0. The monoisotopic (exact) mass is 500 g/mol. The van der Waals surface area contributed by atoms with Crippen LogP contribution >= 0.6 is 0 Å². The number of rotatable bonds is 6. The zero-order valence-corrected chi connectivity index (χ0v) is 22.2. The third kappa shape index (κ3) is 4.96. The van der Waals surface area contributed by atoms with Crippen molar-refractivity contribution in [1.29, 1.82) is 0 Å². The van der Waals surface area contributed by atoms with Gasteiger partial charge in [0.2, 0.25) is 5.91 Å². The normalized spacial score (nSPS) is 20.2. The topological polar surface area (TPSA) is 84.5 Å². The Hall–Kier alpha value is -3.72. The molecule has 0 unspecified atom stereocenters. The van der Waals surface area contributed by atoms with E-state index in [-0.39, 0.29) is 18.0 Å². The van der Waals surface area contributed by atoms with Gasteiger partial charge in [0.25, 0.3) is 0 Å². The van der Waals surface area contributed by atoms with Crippen LogP contribution in [0.3, 0.4) is 0 Å². The summed E-state index contributed by atoms with van der Waals surface area (Å²) < 4.78 is 0. The van der Waals surface area contributed by atoms with E-state index in [4.69, 9.17) is 9.97 Å². The molecule has 1 fully saturated rings. The zero-order chi connectivity index (χ0) is 26.1. The SMILES string of the molecule is C=CC(=O)N1C[C@H](C)N(c2nc(/C=C/CN(C)C)nc3c2CCN(c2n[nH]c4ccccc24)C3)C[C@H]1C. The number of aromatic amines is 1. The summed E-state index contributed by atoms with van der Waals surface area (Å²) in [7, 11) is 4.09. The molecule has 37 heavy (non-hydrogen) atoms. The number of fused-ring (bicyclic) bond motifs is 2. The second kappa shape index (κ2) is 10.3. The molecule has 0 bridgehead atoms. The second-order valence-corrected chi connectivity index (χ2v) is 10.3. The lowest BCUT2D eigenvalue weighted by Gasteiger charge is -2.45. The number of hydrogen-bond donors (Lipinski definition) is 1. The lowest BCUT2D eigenvalue weighted by atomic mass is 10.0. The highest BCUT2D eigenvalue weighted by atomic mass is 16.2. The third-order valence-electron chi connectivity index (χ3n) is 7.26. The first-order valence-electron chi connectivity index (χ1n) is 12.9. The zero-order valence-electron chi connectivity index (χ0n) is 22.2. The van der Waals surface area contributed by atoms with Gasteiger partial charge in [0.15, 0.2) is 11.6 Å². The largest absolute Gasteiger partial charge is 0.350 e. The minimum Gasteiger partial charge on any atom is -0.350 e. The Morgan fingerprint density at radius 3 is 2.76 bits per heavy atom. The van der Waals surface area contributed by atoms with E-state index in [1.807, 2.05) is 37.2 Å². The van der Waals surface area contributed by atoms with Crippen molar-refractivity contribution in [2.45, 2.75) is 38.9 Å². The van der Waals surface area contributed by atoms with Crippen LogP contribution in [0.4, 0.5) is 11.6 Å². The number of anilines is 2. The van der Waals surface area contributed by atoms with Gasteiger partial charge in [0.1, 0.15) is 5.82 Å². The first-order valence-corrected chi connectivity index (χ1v) is 12.9. The number of hydrogen-bond acceptors (Lipinski definition) is 7. The van der Waals surface area contributed by atoms with Crippen LogP contribution < -0.4 is 9.80 Å². The van der Waals surface area contributed by atoms with Crippen LogP contribution in [0, 0.1) is 0 Å². The van der Waals surface area contributed by atoms with Crippen LogP contribution in [0.5, 0.6) is 0 Å². The molecule has 0 aliphatic carbocycles. The van der Waals surface area contributed by atoms with Crippen molar-refractivity contribution in [3.63, 3.8) is 0 Å². The van der Waals surface area contributed by atoms with Crippen LogP contribution in [0.25, 0.3) is 17.0 Å². The maximum atomic E-state index is 12.4. The molecule has 0 saturated carbocycles. The fourth-order valence-electron chi connectivity index (χ4n) is 5.33. The highest BCUT2D eigenvalue weighted by Gasteiger charge is 2.35. The molecule has 2 aliphatic heterocycles. The summed E-state index contributed by atoms with van der Waals surface area (Å²) in [5, 5.41) is 8.92. The highest BCUT2D eigenvalue weighted by Crippen LogP contribution is 2.33. The van der Waals surface area contributed by atoms with E-state index in [0.717, 1.165) is 54.3 Å². The summed E-state index contributed by atoms with van der Waals surface area (Å²) in [6.45, 7) is 11.6. The van der Waals surface area contributed by atoms with Crippen LogP contribution in [-0.4, -0.2) is 88.2 Å². The Morgan fingerprint density at radius 1 is 1.16 bits per heavy atom. The molecule has 1 saturated heterocycles. The Morgan fingerprint density at radius 2 is 1.97 bits per heavy atom. The number of carbonyl (C=O) groups excluding carboxylic acids is 1. The molecule has 1 N–H and O–H groups in total. The van der Waals surface area contributed by atoms with Crippen molar-refractivity contribution in [3.05, 3.63) is 60.1 Å². The Labute approximate surface area is 218 Å². The molecule has 9 nitrogen and oxygen atoms in total. The Balaban J connectivity index is 1.50. The van der Waals surface area contributed by atoms with Gasteiger partial charge in [-0.2, -0.15) is 5.10 Å². The molecule has 1 amide bonds. The summed E-state index contributed by atoms with van der Waals surface area (Å²) in [6, 6.07) is 8.43. The fourth-order valence-corrected chi connectivity index (χ4v) is 5.33. The summed E-state index contributed by atoms with van der Waals surface area (Å²) >= 11 is 0. The predicted molar refractivity (Wildman–Crippen MR) is 149 cm³/mol. The summed E-state index contributed by atoms with van der Waals surface area (Å²) in [5.74, 6) is 2.66. The molecule has 3 aromatic rings. The maximum absolute atomic E-state index is 12.4. The van der Waals surface area contributed by atoms with Gasteiger partial charge in [-0.15, -0.1) is 0 Å². The van der Waals surface area contributed by atoms with Crippen molar-refractivity contribution in [2.24, 2.45) is 0 Å². The predicted octanol–water partition coefficient (Wildman–Crippen LogP) is 3.10. The van der Waals surface area contributed by atoms with E-state index >= 15 is 0 Å². The average Bonchev–Trinajstić information content (AvgIpc) is 3.32. The van der Waals surface area contributed by atoms with Crippen molar-refractivity contribution >= 4 is 34.5 Å². The van der Waals surface area contributed by atoms with Gasteiger partial charge in [-0.1, -0.05) is 24.8 Å². The molecular formula is C28H36N8O. The van der Waals surface area contributed by atoms with Crippen molar-refractivity contribution in [1.82, 2.24) is 30.0 Å². The Bertz CT molecular complexity index is 1330. The Kier molecular flexibility index (Phi) is 6.97. The van der Waals surface area contributed by atoms with E-state index in [2.05, 4.69) is 63.5 Å². The van der Waals surface area contributed by atoms with Crippen molar-refractivity contribution < 1.29 is 4.79 Å². The van der Waals surface area contributed by atoms with Crippen molar-refractivity contribution in [2.75, 3.05) is 50.1 Å². The number of likely N-dealkylation sites (N-methyl/N-ethyl adjacent to an activating group) is 1. The molecule has 9 heteroatoms. The van der Waals surface area contributed by atoms with Gasteiger partial charge in [0, 0.05) is 49.2 Å². The molecule has 2 aliphatic rings. The molecule has 2 atom stereocenters. The highest BCUT2D eigenvalue weighted by molar-refractivity contribution is 5.90. The van der Waals surface area contributed by atoms with Gasteiger partial charge >= 0.3 is 0 Å². The number of benzene rings is 1. The van der Waals surface area contributed by atoms with Crippen LogP contribution in [0.2, 0.25) is 0 Å². The number of carbonyl (C=O) groups is 1. The van der Waals surface area contributed by atoms with Gasteiger partial charge in [-0.05, 0) is 58.6 Å². The average molecular weight is 501 g/mol. The summed E-state index contributed by atoms with van der Waals surface area (Å²) in [5.41, 5.74) is 3.27. The fraction of sp³-hybridized carbons (Fsp3) is 0.429. The maximum Gasteiger partial charge on any atom is 0.246 e. The lowest BCUT2D eigenvalue weighted by Crippen LogP contribution is -2.58. The van der Waals surface area contributed by atoms with Crippen LogP contribution in [-0.2, 0) is 17.8 Å². The van der Waals surface area contributed by atoms with E-state index in [1.165, 1.54) is 11.6 Å². The van der Waals surface area contributed by atoms with E-state index < -0.39 is 0 Å². The third-order valence-corrected chi connectivity index (χ3v) is 7.26. The molecule has 0 spiro atoms. The number of aromatic nitrogens is 4. The molecular weight excluding hydrogens is 464 g/mol. The quantitative estimate of drug-likeness (QED) is 0.521. The van der Waals surface area contributed by atoms with E-state index in [0.29, 0.717) is 18.9 Å². The summed E-state index contributed by atoms with van der Waals surface area (Å²) in [6.07, 6.45) is 6.35. The number of piperazine rings is 1. The minimum absolute atomic E-state index is 0.0158. The number of amides is 1. The standard InChI is InChI=1S/C28H36N8O/c1-6-26(37)35-16-20(3)36(17-19(35)2)27-22-13-15-34(28-21-10-7-8-11-23(21)31-32-28)18-24(22)29-25(30-27)12-9-14-33(4)5/h6-12,19-20H,1,13-18H2,2-5H3,(H,31,32)/b12-9+/t19-,20+/m1/s1. The number of para-hydroxylation sites is 1. The van der Waals surface area contributed by atoms with Crippen LogP contribution in [0.15, 0.2) is 43.0 Å². The first-order chi connectivity index (χ1) is 17.9. The molecule has 4 heterocycles.